The third-order valence-electron chi connectivity index (χ3n) is 2.89. The minimum atomic E-state index is -0.949. The van der Waals surface area contributed by atoms with Crippen LogP contribution in [0.3, 0.4) is 0 Å². The van der Waals surface area contributed by atoms with Gasteiger partial charge in [0, 0.05) is 15.5 Å². The highest BCUT2D eigenvalue weighted by Crippen LogP contribution is 2.29. The second-order valence-corrected chi connectivity index (χ2v) is 5.26. The van der Waals surface area contributed by atoms with Gasteiger partial charge in [-0.3, -0.25) is 9.59 Å². The lowest BCUT2D eigenvalue weighted by Gasteiger charge is -2.13. The molecule has 0 aliphatic rings. The van der Waals surface area contributed by atoms with Crippen molar-refractivity contribution in [3.05, 3.63) is 40.9 Å². The fraction of sp³-hybridized carbons (Fsp3) is 0.143. The Morgan fingerprint density at radius 3 is 2.45 bits per heavy atom. The van der Waals surface area contributed by atoms with Crippen molar-refractivity contribution in [2.24, 2.45) is 11.5 Å². The van der Waals surface area contributed by atoms with E-state index in [1.54, 1.807) is 6.07 Å². The first kappa shape index (κ1) is 14.5. The molecule has 1 unspecified atom stereocenters. The summed E-state index contributed by atoms with van der Waals surface area (Å²) in [6.07, 6.45) is -0.180. The molecule has 0 fully saturated rings. The second kappa shape index (κ2) is 6.02. The number of benzene rings is 2. The van der Waals surface area contributed by atoms with Gasteiger partial charge in [-0.2, -0.15) is 0 Å². The maximum atomic E-state index is 11.9. The van der Waals surface area contributed by atoms with E-state index in [0.29, 0.717) is 5.69 Å². The molecule has 2 rings (SSSR count). The summed E-state index contributed by atoms with van der Waals surface area (Å²) in [6, 6.07) is 10.3. The summed E-state index contributed by atoms with van der Waals surface area (Å²) in [7, 11) is 0. The van der Waals surface area contributed by atoms with Crippen LogP contribution in [0.15, 0.2) is 40.9 Å². The van der Waals surface area contributed by atoms with E-state index >= 15 is 0 Å². The number of fused-ring (bicyclic) bond motifs is 1. The Kier molecular flexibility index (Phi) is 4.36. The van der Waals surface area contributed by atoms with Gasteiger partial charge in [-0.15, -0.1) is 0 Å². The van der Waals surface area contributed by atoms with Crippen LogP contribution in [0.5, 0.6) is 0 Å². The third-order valence-corrected chi connectivity index (χ3v) is 3.58. The van der Waals surface area contributed by atoms with Gasteiger partial charge in [-0.25, -0.2) is 0 Å². The van der Waals surface area contributed by atoms with Gasteiger partial charge in [-0.05, 0) is 17.5 Å². The molecule has 5 N–H and O–H groups in total. The molecule has 0 saturated carbocycles. The predicted molar refractivity (Wildman–Crippen MR) is 82.1 cm³/mol. The maximum Gasteiger partial charge on any atom is 0.241 e. The normalized spacial score (nSPS) is 12.1. The number of carbonyl (C=O) groups is 2. The van der Waals surface area contributed by atoms with Crippen LogP contribution in [0.25, 0.3) is 10.8 Å². The molecule has 0 aliphatic carbocycles. The van der Waals surface area contributed by atoms with E-state index in [4.69, 9.17) is 11.5 Å². The number of primary amides is 1. The fourth-order valence-corrected chi connectivity index (χ4v) is 2.38. The molecule has 0 aliphatic heterocycles. The van der Waals surface area contributed by atoms with E-state index in [1.807, 2.05) is 30.3 Å². The first-order valence-electron chi connectivity index (χ1n) is 6.01. The quantitative estimate of drug-likeness (QED) is 0.793. The van der Waals surface area contributed by atoms with Crippen molar-refractivity contribution < 1.29 is 9.59 Å². The molecule has 0 saturated heterocycles. The van der Waals surface area contributed by atoms with Gasteiger partial charge in [0.2, 0.25) is 11.8 Å². The molecule has 2 aromatic carbocycles. The van der Waals surface area contributed by atoms with Gasteiger partial charge in [-0.1, -0.05) is 40.2 Å². The van der Waals surface area contributed by atoms with Crippen LogP contribution in [0.1, 0.15) is 6.42 Å². The molecule has 0 spiro atoms. The Labute approximate surface area is 124 Å². The van der Waals surface area contributed by atoms with Crippen molar-refractivity contribution >= 4 is 44.2 Å². The zero-order valence-electron chi connectivity index (χ0n) is 10.6. The van der Waals surface area contributed by atoms with Crippen molar-refractivity contribution in [3.8, 4) is 0 Å². The maximum absolute atomic E-state index is 11.9. The summed E-state index contributed by atoms with van der Waals surface area (Å²) in [6.45, 7) is 0. The van der Waals surface area contributed by atoms with Gasteiger partial charge >= 0.3 is 0 Å². The van der Waals surface area contributed by atoms with Crippen LogP contribution in [-0.4, -0.2) is 17.9 Å². The van der Waals surface area contributed by atoms with Crippen molar-refractivity contribution in [1.82, 2.24) is 0 Å². The average Bonchev–Trinajstić information content (AvgIpc) is 2.41. The van der Waals surface area contributed by atoms with Crippen LogP contribution in [0, 0.1) is 0 Å². The summed E-state index contributed by atoms with van der Waals surface area (Å²) in [5, 5.41) is 4.60. The predicted octanol–water partition coefficient (Wildman–Crippen LogP) is 1.74. The molecule has 0 heterocycles. The molecule has 0 bridgehead atoms. The monoisotopic (exact) mass is 335 g/mol. The zero-order valence-corrected chi connectivity index (χ0v) is 12.2. The molecule has 5 nitrogen and oxygen atoms in total. The van der Waals surface area contributed by atoms with Crippen molar-refractivity contribution in [2.45, 2.75) is 12.5 Å². The summed E-state index contributed by atoms with van der Waals surface area (Å²) >= 11 is 3.46. The number of nitrogens with one attached hydrogen (secondary N) is 1. The fourth-order valence-electron chi connectivity index (χ4n) is 1.91. The number of amides is 2. The van der Waals surface area contributed by atoms with E-state index in [2.05, 4.69) is 21.2 Å². The summed E-state index contributed by atoms with van der Waals surface area (Å²) < 4.78 is 0.938. The Morgan fingerprint density at radius 1 is 1.15 bits per heavy atom. The number of nitrogens with two attached hydrogens (primary N) is 2. The van der Waals surface area contributed by atoms with Crippen LogP contribution < -0.4 is 16.8 Å². The first-order valence-corrected chi connectivity index (χ1v) is 6.80. The van der Waals surface area contributed by atoms with Gasteiger partial charge < -0.3 is 16.8 Å². The van der Waals surface area contributed by atoms with E-state index in [9.17, 15) is 9.59 Å². The Balaban J connectivity index is 2.28. The zero-order chi connectivity index (χ0) is 14.7. The molecule has 0 radical (unpaired) electrons. The number of rotatable bonds is 4. The molecule has 2 amide bonds. The number of hydrogen-bond donors (Lipinski definition) is 3. The second-order valence-electron chi connectivity index (χ2n) is 4.41. The van der Waals surface area contributed by atoms with Gasteiger partial charge in [0.25, 0.3) is 0 Å². The smallest absolute Gasteiger partial charge is 0.241 e. The highest BCUT2D eigenvalue weighted by molar-refractivity contribution is 9.10. The molecular formula is C14H14BrN3O2. The van der Waals surface area contributed by atoms with Crippen LogP contribution in [0.4, 0.5) is 5.69 Å². The van der Waals surface area contributed by atoms with Crippen molar-refractivity contribution in [1.29, 1.82) is 0 Å². The minimum Gasteiger partial charge on any atom is -0.370 e. The lowest BCUT2D eigenvalue weighted by atomic mass is 10.1. The number of carbonyl (C=O) groups excluding carboxylic acids is 2. The van der Waals surface area contributed by atoms with E-state index in [-0.39, 0.29) is 6.42 Å². The topological polar surface area (TPSA) is 98.2 Å². The Bertz CT molecular complexity index is 673. The van der Waals surface area contributed by atoms with E-state index in [1.165, 1.54) is 0 Å². The Morgan fingerprint density at radius 2 is 1.80 bits per heavy atom. The van der Waals surface area contributed by atoms with Gasteiger partial charge in [0.1, 0.15) is 0 Å². The van der Waals surface area contributed by atoms with Crippen molar-refractivity contribution in [2.75, 3.05) is 5.32 Å². The van der Waals surface area contributed by atoms with Crippen molar-refractivity contribution in [3.63, 3.8) is 0 Å². The highest BCUT2D eigenvalue weighted by atomic mass is 79.9. The van der Waals surface area contributed by atoms with Gasteiger partial charge in [0.15, 0.2) is 0 Å². The van der Waals surface area contributed by atoms with Crippen LogP contribution >= 0.6 is 15.9 Å². The number of halogens is 1. The lowest BCUT2D eigenvalue weighted by Crippen LogP contribution is -2.39. The largest absolute Gasteiger partial charge is 0.370 e. The number of hydrogen-bond acceptors (Lipinski definition) is 3. The molecule has 0 aromatic heterocycles. The minimum absolute atomic E-state index is 0.180. The molecule has 2 aromatic rings. The highest BCUT2D eigenvalue weighted by Gasteiger charge is 2.17. The average molecular weight is 336 g/mol. The van der Waals surface area contributed by atoms with E-state index < -0.39 is 17.9 Å². The molecule has 104 valence electrons. The number of anilines is 1. The Hall–Kier alpha value is -1.92. The standard InChI is InChI=1S/C14H14BrN3O2/c15-10-5-6-12(9-4-2-1-3-8(9)10)18-14(20)11(16)7-13(17)19/h1-6,11H,7,16H2,(H2,17,19)(H,18,20). The van der Waals surface area contributed by atoms with E-state index in [0.717, 1.165) is 15.2 Å². The van der Waals surface area contributed by atoms with Crippen LogP contribution in [0.2, 0.25) is 0 Å². The first-order chi connectivity index (χ1) is 9.49. The summed E-state index contributed by atoms with van der Waals surface area (Å²) in [5.41, 5.74) is 11.3. The lowest BCUT2D eigenvalue weighted by molar-refractivity contribution is -0.123. The SMILES string of the molecule is NC(=O)CC(N)C(=O)Nc1ccc(Br)c2ccccc12. The molecular weight excluding hydrogens is 322 g/mol. The molecule has 1 atom stereocenters. The molecule has 20 heavy (non-hydrogen) atoms. The van der Waals surface area contributed by atoms with Crippen LogP contribution in [-0.2, 0) is 9.59 Å². The summed E-state index contributed by atoms with van der Waals surface area (Å²) in [5.74, 6) is -1.04. The molecule has 6 heteroatoms. The third kappa shape index (κ3) is 3.15. The summed E-state index contributed by atoms with van der Waals surface area (Å²) in [4.78, 5) is 22.7. The van der Waals surface area contributed by atoms with Gasteiger partial charge in [0.05, 0.1) is 12.5 Å².